The molecule has 0 saturated carbocycles. The smallest absolute Gasteiger partial charge is 0.124 e. The van der Waals surface area contributed by atoms with Crippen molar-refractivity contribution in [2.45, 2.75) is 20.0 Å². The minimum Gasteiger partial charge on any atom is -0.496 e. The van der Waals surface area contributed by atoms with Gasteiger partial charge in [-0.2, -0.15) is 5.10 Å². The molecule has 0 atom stereocenters. The summed E-state index contributed by atoms with van der Waals surface area (Å²) in [6.45, 7) is 3.32. The van der Waals surface area contributed by atoms with Crippen molar-refractivity contribution in [3.63, 3.8) is 0 Å². The number of nitrogens with zero attached hydrogens (tertiary/aromatic N) is 2. The van der Waals surface area contributed by atoms with Crippen molar-refractivity contribution < 1.29 is 4.74 Å². The molecular formula is C14H17BrClN3O. The first kappa shape index (κ1) is 15.4. The maximum absolute atomic E-state index is 6.21. The highest BCUT2D eigenvalue weighted by Gasteiger charge is 2.11. The zero-order valence-corrected chi connectivity index (χ0v) is 14.0. The molecule has 2 aromatic rings. The molecule has 1 heterocycles. The Labute approximate surface area is 132 Å². The topological polar surface area (TPSA) is 39.1 Å². The van der Waals surface area contributed by atoms with Gasteiger partial charge in [-0.25, -0.2) is 0 Å². The number of methoxy groups -OCH3 is 1. The molecule has 0 aliphatic carbocycles. The Morgan fingerprint density at radius 3 is 2.75 bits per heavy atom. The van der Waals surface area contributed by atoms with Crippen LogP contribution in [-0.4, -0.2) is 16.9 Å². The van der Waals surface area contributed by atoms with Gasteiger partial charge in [0.2, 0.25) is 0 Å². The van der Waals surface area contributed by atoms with Crippen molar-refractivity contribution in [3.8, 4) is 5.75 Å². The van der Waals surface area contributed by atoms with Crippen molar-refractivity contribution >= 4 is 27.5 Å². The van der Waals surface area contributed by atoms with E-state index in [9.17, 15) is 0 Å². The number of rotatable bonds is 5. The van der Waals surface area contributed by atoms with Crippen molar-refractivity contribution in [3.05, 3.63) is 44.6 Å². The fourth-order valence-electron chi connectivity index (χ4n) is 2.08. The van der Waals surface area contributed by atoms with Crippen molar-refractivity contribution in [1.29, 1.82) is 0 Å². The van der Waals surface area contributed by atoms with E-state index >= 15 is 0 Å². The third-order valence-electron chi connectivity index (χ3n) is 3.15. The number of aromatic nitrogens is 2. The Kier molecular flexibility index (Phi) is 5.07. The van der Waals surface area contributed by atoms with Gasteiger partial charge >= 0.3 is 0 Å². The van der Waals surface area contributed by atoms with Gasteiger partial charge < -0.3 is 10.1 Å². The standard InChI is InChI=1S/C14H17BrClN3O/c1-9-14(15)12(19(2)18-9)8-17-7-10-11(16)5-4-6-13(10)20-3/h4-6,17H,7-8H2,1-3H3. The van der Waals surface area contributed by atoms with E-state index in [2.05, 4.69) is 26.3 Å². The number of benzene rings is 1. The summed E-state index contributed by atoms with van der Waals surface area (Å²) in [5.41, 5.74) is 3.06. The number of aryl methyl sites for hydroxylation is 2. The lowest BCUT2D eigenvalue weighted by atomic mass is 10.2. The highest BCUT2D eigenvalue weighted by atomic mass is 79.9. The van der Waals surface area contributed by atoms with Crippen LogP contribution in [0.3, 0.4) is 0 Å². The van der Waals surface area contributed by atoms with E-state index in [4.69, 9.17) is 16.3 Å². The molecular weight excluding hydrogens is 342 g/mol. The molecule has 0 unspecified atom stereocenters. The van der Waals surface area contributed by atoms with E-state index in [-0.39, 0.29) is 0 Å². The first-order valence-electron chi connectivity index (χ1n) is 6.24. The van der Waals surface area contributed by atoms with Gasteiger partial charge in [0.1, 0.15) is 5.75 Å². The van der Waals surface area contributed by atoms with E-state index in [1.54, 1.807) is 7.11 Å². The van der Waals surface area contributed by atoms with Gasteiger partial charge in [-0.15, -0.1) is 0 Å². The first-order chi connectivity index (χ1) is 9.54. The molecule has 1 aromatic carbocycles. The number of hydrogen-bond acceptors (Lipinski definition) is 3. The molecule has 1 N–H and O–H groups in total. The van der Waals surface area contributed by atoms with Crippen molar-refractivity contribution in [2.24, 2.45) is 7.05 Å². The van der Waals surface area contributed by atoms with E-state index in [1.165, 1.54) is 0 Å². The van der Waals surface area contributed by atoms with Gasteiger partial charge in [-0.05, 0) is 35.0 Å². The van der Waals surface area contributed by atoms with Crippen LogP contribution in [0.2, 0.25) is 5.02 Å². The van der Waals surface area contributed by atoms with Crippen LogP contribution in [0.25, 0.3) is 0 Å². The second-order valence-corrected chi connectivity index (χ2v) is 5.69. The Morgan fingerprint density at radius 1 is 1.40 bits per heavy atom. The minimum absolute atomic E-state index is 0.638. The van der Waals surface area contributed by atoms with Crippen LogP contribution in [0.4, 0.5) is 0 Å². The van der Waals surface area contributed by atoms with E-state index < -0.39 is 0 Å². The Hall–Kier alpha value is -1.04. The van der Waals surface area contributed by atoms with E-state index in [0.29, 0.717) is 18.1 Å². The molecule has 0 spiro atoms. The zero-order chi connectivity index (χ0) is 14.7. The average Bonchev–Trinajstić information content (AvgIpc) is 2.66. The van der Waals surface area contributed by atoms with Crippen LogP contribution < -0.4 is 10.1 Å². The molecule has 0 radical (unpaired) electrons. The second-order valence-electron chi connectivity index (χ2n) is 4.49. The van der Waals surface area contributed by atoms with Crippen LogP contribution in [0.1, 0.15) is 17.0 Å². The number of halogens is 2. The molecule has 0 amide bonds. The molecule has 1 aromatic heterocycles. The van der Waals surface area contributed by atoms with Gasteiger partial charge in [0.25, 0.3) is 0 Å². The monoisotopic (exact) mass is 357 g/mol. The average molecular weight is 359 g/mol. The molecule has 20 heavy (non-hydrogen) atoms. The van der Waals surface area contributed by atoms with Crippen LogP contribution >= 0.6 is 27.5 Å². The minimum atomic E-state index is 0.638. The van der Waals surface area contributed by atoms with Crippen molar-refractivity contribution in [1.82, 2.24) is 15.1 Å². The summed E-state index contributed by atoms with van der Waals surface area (Å²) in [5.74, 6) is 0.797. The van der Waals surface area contributed by atoms with Crippen LogP contribution in [-0.2, 0) is 20.1 Å². The SMILES string of the molecule is COc1cccc(Cl)c1CNCc1c(Br)c(C)nn1C. The van der Waals surface area contributed by atoms with E-state index in [0.717, 1.165) is 27.2 Å². The molecule has 2 rings (SSSR count). The highest BCUT2D eigenvalue weighted by Crippen LogP contribution is 2.26. The molecule has 6 heteroatoms. The quantitative estimate of drug-likeness (QED) is 0.890. The zero-order valence-electron chi connectivity index (χ0n) is 11.7. The fraction of sp³-hybridized carbons (Fsp3) is 0.357. The predicted molar refractivity (Wildman–Crippen MR) is 84.2 cm³/mol. The van der Waals surface area contributed by atoms with Crippen molar-refractivity contribution in [2.75, 3.05) is 7.11 Å². The lowest BCUT2D eigenvalue weighted by Gasteiger charge is -2.11. The van der Waals surface area contributed by atoms with Gasteiger partial charge in [-0.3, -0.25) is 4.68 Å². The van der Waals surface area contributed by atoms with Gasteiger partial charge in [0.05, 0.1) is 23.0 Å². The van der Waals surface area contributed by atoms with Crippen LogP contribution in [0.5, 0.6) is 5.75 Å². The molecule has 108 valence electrons. The molecule has 0 fully saturated rings. The summed E-state index contributed by atoms with van der Waals surface area (Å²) >= 11 is 9.77. The molecule has 0 aliphatic heterocycles. The molecule has 0 aliphatic rings. The summed E-state index contributed by atoms with van der Waals surface area (Å²) in [5, 5.41) is 8.45. The number of nitrogens with one attached hydrogen (secondary N) is 1. The Morgan fingerprint density at radius 2 is 2.15 bits per heavy atom. The second kappa shape index (κ2) is 6.61. The third-order valence-corrected chi connectivity index (χ3v) is 4.54. The highest BCUT2D eigenvalue weighted by molar-refractivity contribution is 9.10. The summed E-state index contributed by atoms with van der Waals surface area (Å²) in [4.78, 5) is 0. The Bertz CT molecular complexity index is 613. The maximum Gasteiger partial charge on any atom is 0.124 e. The van der Waals surface area contributed by atoms with E-state index in [1.807, 2.05) is 36.9 Å². The van der Waals surface area contributed by atoms with Gasteiger partial charge in [0, 0.05) is 30.7 Å². The lowest BCUT2D eigenvalue weighted by Crippen LogP contribution is -2.16. The fourth-order valence-corrected chi connectivity index (χ4v) is 2.79. The van der Waals surface area contributed by atoms with Crippen LogP contribution in [0, 0.1) is 6.92 Å². The normalized spacial score (nSPS) is 10.8. The predicted octanol–water partition coefficient (Wildman–Crippen LogP) is 3.44. The van der Waals surface area contributed by atoms with Crippen LogP contribution in [0.15, 0.2) is 22.7 Å². The molecule has 4 nitrogen and oxygen atoms in total. The summed E-state index contributed by atoms with van der Waals surface area (Å²) < 4.78 is 8.24. The third kappa shape index (κ3) is 3.16. The summed E-state index contributed by atoms with van der Waals surface area (Å²) in [7, 11) is 3.58. The maximum atomic E-state index is 6.21. The summed E-state index contributed by atoms with van der Waals surface area (Å²) in [6, 6.07) is 5.66. The lowest BCUT2D eigenvalue weighted by molar-refractivity contribution is 0.407. The molecule has 0 bridgehead atoms. The van der Waals surface area contributed by atoms with Gasteiger partial charge in [0.15, 0.2) is 0 Å². The number of hydrogen-bond donors (Lipinski definition) is 1. The first-order valence-corrected chi connectivity index (χ1v) is 7.41. The number of ether oxygens (including phenoxy) is 1. The largest absolute Gasteiger partial charge is 0.496 e. The summed E-state index contributed by atoms with van der Waals surface area (Å²) in [6.07, 6.45) is 0. The van der Waals surface area contributed by atoms with Gasteiger partial charge in [-0.1, -0.05) is 17.7 Å². The molecule has 0 saturated heterocycles. The Balaban J connectivity index is 2.07.